The van der Waals surface area contributed by atoms with E-state index in [1.165, 1.54) is 6.20 Å². The van der Waals surface area contributed by atoms with Gasteiger partial charge < -0.3 is 9.52 Å². The molecule has 5 nitrogen and oxygen atoms in total. The highest BCUT2D eigenvalue weighted by Gasteiger charge is 2.12. The predicted octanol–water partition coefficient (Wildman–Crippen LogP) is 1.53. The molecule has 0 spiro atoms. The minimum atomic E-state index is -0.953. The largest absolute Gasteiger partial charge is 0.478 e. The van der Waals surface area contributed by atoms with Crippen LogP contribution in [0.15, 0.2) is 29.2 Å². The van der Waals surface area contributed by atoms with E-state index in [2.05, 4.69) is 5.10 Å². The van der Waals surface area contributed by atoms with Crippen LogP contribution >= 0.6 is 0 Å². The van der Waals surface area contributed by atoms with Crippen molar-refractivity contribution in [2.75, 3.05) is 0 Å². The van der Waals surface area contributed by atoms with E-state index >= 15 is 0 Å². The van der Waals surface area contributed by atoms with Crippen molar-refractivity contribution in [3.8, 4) is 0 Å². The second-order valence-electron chi connectivity index (χ2n) is 3.24. The lowest BCUT2D eigenvalue weighted by Crippen LogP contribution is -2.05. The minimum absolute atomic E-state index is 0.235. The van der Waals surface area contributed by atoms with Crippen molar-refractivity contribution in [2.24, 2.45) is 0 Å². The van der Waals surface area contributed by atoms with Crippen LogP contribution in [0.5, 0.6) is 0 Å². The molecule has 15 heavy (non-hydrogen) atoms. The molecule has 2 heterocycles. The maximum atomic E-state index is 10.8. The van der Waals surface area contributed by atoms with E-state index in [0.29, 0.717) is 12.2 Å². The highest BCUT2D eigenvalue weighted by atomic mass is 16.4. The van der Waals surface area contributed by atoms with E-state index in [1.54, 1.807) is 24.1 Å². The normalized spacial score (nSPS) is 10.5. The number of carbonyl (C=O) groups is 1. The third kappa shape index (κ3) is 1.76. The average Bonchev–Trinajstić information content (AvgIpc) is 2.78. The zero-order valence-electron chi connectivity index (χ0n) is 8.17. The standard InChI is InChI=1S/C10H10N2O3/c1-7-9(10(13)14)4-11-12(7)5-8-2-3-15-6-8/h2-4,6H,5H2,1H3,(H,13,14). The highest BCUT2D eigenvalue weighted by Crippen LogP contribution is 2.10. The Balaban J connectivity index is 2.27. The Morgan fingerprint density at radius 3 is 3.00 bits per heavy atom. The summed E-state index contributed by atoms with van der Waals surface area (Å²) >= 11 is 0. The van der Waals surface area contributed by atoms with E-state index in [4.69, 9.17) is 9.52 Å². The van der Waals surface area contributed by atoms with Crippen molar-refractivity contribution in [1.29, 1.82) is 0 Å². The molecule has 2 aromatic rings. The zero-order valence-corrected chi connectivity index (χ0v) is 8.17. The smallest absolute Gasteiger partial charge is 0.339 e. The van der Waals surface area contributed by atoms with Crippen LogP contribution in [-0.2, 0) is 6.54 Å². The van der Waals surface area contributed by atoms with Crippen molar-refractivity contribution >= 4 is 5.97 Å². The first-order valence-corrected chi connectivity index (χ1v) is 4.45. The number of hydrogen-bond donors (Lipinski definition) is 1. The van der Waals surface area contributed by atoms with Gasteiger partial charge in [-0.1, -0.05) is 0 Å². The molecule has 1 N–H and O–H groups in total. The molecule has 0 saturated carbocycles. The van der Waals surface area contributed by atoms with E-state index in [9.17, 15) is 4.79 Å². The summed E-state index contributed by atoms with van der Waals surface area (Å²) in [5.41, 5.74) is 1.83. The van der Waals surface area contributed by atoms with Gasteiger partial charge in [-0.15, -0.1) is 0 Å². The first-order valence-electron chi connectivity index (χ1n) is 4.45. The third-order valence-electron chi connectivity index (χ3n) is 2.25. The fourth-order valence-electron chi connectivity index (χ4n) is 1.37. The molecule has 0 fully saturated rings. The second kappa shape index (κ2) is 3.61. The number of rotatable bonds is 3. The molecule has 0 atom stereocenters. The van der Waals surface area contributed by atoms with Crippen LogP contribution in [0.25, 0.3) is 0 Å². The molecule has 0 aliphatic rings. The lowest BCUT2D eigenvalue weighted by Gasteiger charge is -2.01. The molecular weight excluding hydrogens is 196 g/mol. The Morgan fingerprint density at radius 1 is 1.67 bits per heavy atom. The van der Waals surface area contributed by atoms with Crippen LogP contribution in [-0.4, -0.2) is 20.9 Å². The van der Waals surface area contributed by atoms with E-state index in [0.717, 1.165) is 5.56 Å². The Hall–Kier alpha value is -2.04. The summed E-state index contributed by atoms with van der Waals surface area (Å²) in [6, 6.07) is 1.82. The van der Waals surface area contributed by atoms with Gasteiger partial charge in [0.25, 0.3) is 0 Å². The zero-order chi connectivity index (χ0) is 10.8. The molecule has 0 unspecified atom stereocenters. The van der Waals surface area contributed by atoms with Gasteiger partial charge in [-0.3, -0.25) is 4.68 Å². The van der Waals surface area contributed by atoms with Gasteiger partial charge in [0.1, 0.15) is 5.56 Å². The summed E-state index contributed by atoms with van der Waals surface area (Å²) in [4.78, 5) is 10.8. The summed E-state index contributed by atoms with van der Waals surface area (Å²) in [6.07, 6.45) is 4.55. The molecule has 2 rings (SSSR count). The molecule has 5 heteroatoms. The Labute approximate surface area is 85.9 Å². The number of hydrogen-bond acceptors (Lipinski definition) is 3. The third-order valence-corrected chi connectivity index (χ3v) is 2.25. The van der Waals surface area contributed by atoms with Crippen LogP contribution in [0.1, 0.15) is 21.6 Å². The fourth-order valence-corrected chi connectivity index (χ4v) is 1.37. The summed E-state index contributed by atoms with van der Waals surface area (Å²) in [7, 11) is 0. The predicted molar refractivity (Wildman–Crippen MR) is 51.7 cm³/mol. The molecule has 0 saturated heterocycles. The number of nitrogens with zero attached hydrogens (tertiary/aromatic N) is 2. The van der Waals surface area contributed by atoms with Gasteiger partial charge in [0, 0.05) is 5.56 Å². The van der Waals surface area contributed by atoms with Gasteiger partial charge in [0.2, 0.25) is 0 Å². The molecule has 0 aliphatic heterocycles. The molecular formula is C10H10N2O3. The van der Waals surface area contributed by atoms with Gasteiger partial charge in [-0.05, 0) is 13.0 Å². The lowest BCUT2D eigenvalue weighted by atomic mass is 10.2. The van der Waals surface area contributed by atoms with E-state index < -0.39 is 5.97 Å². The Bertz CT molecular complexity index is 471. The quantitative estimate of drug-likeness (QED) is 0.826. The Morgan fingerprint density at radius 2 is 2.47 bits per heavy atom. The van der Waals surface area contributed by atoms with Crippen molar-refractivity contribution in [3.63, 3.8) is 0 Å². The SMILES string of the molecule is Cc1c(C(=O)O)cnn1Cc1ccoc1. The first kappa shape index (κ1) is 9.51. The van der Waals surface area contributed by atoms with Crippen LogP contribution < -0.4 is 0 Å². The summed E-state index contributed by atoms with van der Waals surface area (Å²) in [6.45, 7) is 2.26. The number of furan rings is 1. The molecule has 0 bridgehead atoms. The van der Waals surface area contributed by atoms with Gasteiger partial charge >= 0.3 is 5.97 Å². The van der Waals surface area contributed by atoms with E-state index in [-0.39, 0.29) is 5.56 Å². The summed E-state index contributed by atoms with van der Waals surface area (Å²) < 4.78 is 6.56. The molecule has 0 amide bonds. The van der Waals surface area contributed by atoms with Gasteiger partial charge in [0.15, 0.2) is 0 Å². The molecule has 78 valence electrons. The van der Waals surface area contributed by atoms with Crippen molar-refractivity contribution in [2.45, 2.75) is 13.5 Å². The number of carboxylic acid groups (broad SMARTS) is 1. The number of aromatic carboxylic acids is 1. The molecule has 0 aromatic carbocycles. The minimum Gasteiger partial charge on any atom is -0.478 e. The van der Waals surface area contributed by atoms with Gasteiger partial charge in [-0.2, -0.15) is 5.10 Å². The highest BCUT2D eigenvalue weighted by molar-refractivity contribution is 5.88. The van der Waals surface area contributed by atoms with Crippen LogP contribution in [0.3, 0.4) is 0 Å². The Kier molecular flexibility index (Phi) is 2.29. The monoisotopic (exact) mass is 206 g/mol. The van der Waals surface area contributed by atoms with Gasteiger partial charge in [0.05, 0.1) is 31.0 Å². The summed E-state index contributed by atoms with van der Waals surface area (Å²) in [5.74, 6) is -0.953. The maximum Gasteiger partial charge on any atom is 0.339 e. The average molecular weight is 206 g/mol. The molecule has 2 aromatic heterocycles. The molecule has 0 aliphatic carbocycles. The van der Waals surface area contributed by atoms with Crippen LogP contribution in [0.2, 0.25) is 0 Å². The second-order valence-corrected chi connectivity index (χ2v) is 3.24. The number of carboxylic acids is 1. The van der Waals surface area contributed by atoms with Crippen molar-refractivity contribution < 1.29 is 14.3 Å². The first-order chi connectivity index (χ1) is 7.18. The van der Waals surface area contributed by atoms with Crippen molar-refractivity contribution in [1.82, 2.24) is 9.78 Å². The van der Waals surface area contributed by atoms with Gasteiger partial charge in [-0.25, -0.2) is 4.79 Å². The van der Waals surface area contributed by atoms with E-state index in [1.807, 2.05) is 6.07 Å². The maximum absolute atomic E-state index is 10.8. The van der Waals surface area contributed by atoms with Crippen LogP contribution in [0, 0.1) is 6.92 Å². The topological polar surface area (TPSA) is 68.3 Å². The lowest BCUT2D eigenvalue weighted by molar-refractivity contribution is 0.0696. The molecule has 0 radical (unpaired) electrons. The summed E-state index contributed by atoms with van der Waals surface area (Å²) in [5, 5.41) is 12.8. The fraction of sp³-hybridized carbons (Fsp3) is 0.200. The number of aromatic nitrogens is 2. The van der Waals surface area contributed by atoms with Crippen molar-refractivity contribution in [3.05, 3.63) is 41.6 Å². The van der Waals surface area contributed by atoms with Crippen LogP contribution in [0.4, 0.5) is 0 Å².